The molecule has 0 amide bonds. The third kappa shape index (κ3) is 11.8. The van der Waals surface area contributed by atoms with Gasteiger partial charge in [-0.15, -0.1) is 0 Å². The van der Waals surface area contributed by atoms with Crippen molar-refractivity contribution in [3.8, 4) is 0 Å². The van der Waals surface area contributed by atoms with E-state index >= 15 is 0 Å². The first kappa shape index (κ1) is 34.7. The van der Waals surface area contributed by atoms with Gasteiger partial charge in [-0.25, -0.2) is 9.59 Å². The van der Waals surface area contributed by atoms with Crippen molar-refractivity contribution in [2.45, 2.75) is 83.1 Å². The summed E-state index contributed by atoms with van der Waals surface area (Å²) in [5.41, 5.74) is 29.6. The molecule has 0 unspecified atom stereocenters. The molecule has 0 aliphatic rings. The molecule has 0 fully saturated rings. The maximum absolute atomic E-state index is 12.0. The number of carbonyl (C=O) groups excluding carboxylic acids is 3. The zero-order valence-electron chi connectivity index (χ0n) is 23.4. The van der Waals surface area contributed by atoms with E-state index < -0.39 is 54.1 Å². The van der Waals surface area contributed by atoms with Gasteiger partial charge >= 0.3 is 23.9 Å². The number of rotatable bonds is 14. The number of fused-ring (bicyclic) bond motifs is 1. The number of aromatic nitrogens is 1. The summed E-state index contributed by atoms with van der Waals surface area (Å²) in [5.74, 6) is -3.08. The Balaban J connectivity index is 0.000000421. The summed E-state index contributed by atoms with van der Waals surface area (Å²) in [5, 5.41) is 9.61. The maximum Gasteiger partial charge on any atom is 0.330 e. The van der Waals surface area contributed by atoms with Crippen LogP contribution in [0.25, 0.3) is 10.9 Å². The second-order valence-corrected chi connectivity index (χ2v) is 10.0. The molecule has 1 heterocycles. The summed E-state index contributed by atoms with van der Waals surface area (Å²) in [6.07, 6.45) is 3.63. The molecule has 13 nitrogen and oxygen atoms in total. The first-order chi connectivity index (χ1) is 18.8. The first-order valence-corrected chi connectivity index (χ1v) is 13.2. The fourth-order valence-corrected chi connectivity index (χ4v) is 3.65. The van der Waals surface area contributed by atoms with Crippen molar-refractivity contribution in [2.75, 3.05) is 6.54 Å². The normalized spacial score (nSPS) is 14.8. The molecule has 0 radical (unpaired) electrons. The van der Waals surface area contributed by atoms with Gasteiger partial charge in [0, 0.05) is 23.5 Å². The van der Waals surface area contributed by atoms with Crippen molar-refractivity contribution in [3.63, 3.8) is 0 Å². The number of ether oxygens (including phenoxy) is 2. The summed E-state index contributed by atoms with van der Waals surface area (Å²) in [7, 11) is 0. The monoisotopic (exact) mass is 564 g/mol. The molecular weight excluding hydrogens is 520 g/mol. The number of hydrogen-bond donors (Lipinski definition) is 7. The molecule has 13 heteroatoms. The van der Waals surface area contributed by atoms with E-state index in [1.807, 2.05) is 44.3 Å². The number of benzene rings is 1. The average Bonchev–Trinajstić information content (AvgIpc) is 3.30. The number of carboxylic acid groups (broad SMARTS) is 1. The number of esters is 3. The number of carboxylic acids is 1. The van der Waals surface area contributed by atoms with Gasteiger partial charge in [-0.3, -0.25) is 9.59 Å². The number of H-pyrrole nitrogens is 1. The quantitative estimate of drug-likeness (QED) is 0.0927. The molecule has 2 rings (SSSR count). The molecule has 40 heavy (non-hydrogen) atoms. The Labute approximate surface area is 234 Å². The third-order valence-corrected chi connectivity index (χ3v) is 6.01. The van der Waals surface area contributed by atoms with Crippen LogP contribution in [0.15, 0.2) is 30.5 Å². The summed E-state index contributed by atoms with van der Waals surface area (Å²) in [6, 6.07) is 4.01. The van der Waals surface area contributed by atoms with Crippen molar-refractivity contribution in [3.05, 3.63) is 36.0 Å². The van der Waals surface area contributed by atoms with Crippen molar-refractivity contribution in [1.82, 2.24) is 4.98 Å². The minimum absolute atomic E-state index is 0.243. The van der Waals surface area contributed by atoms with Crippen molar-refractivity contribution in [1.29, 1.82) is 0 Å². The third-order valence-electron chi connectivity index (χ3n) is 6.01. The molecule has 0 saturated carbocycles. The highest BCUT2D eigenvalue weighted by Gasteiger charge is 2.26. The predicted molar refractivity (Wildman–Crippen MR) is 151 cm³/mol. The zero-order chi connectivity index (χ0) is 30.4. The Morgan fingerprint density at radius 3 is 2.12 bits per heavy atom. The molecule has 0 bridgehead atoms. The van der Waals surface area contributed by atoms with Crippen LogP contribution in [-0.2, 0) is 35.1 Å². The fourth-order valence-electron chi connectivity index (χ4n) is 3.65. The molecular formula is C27H44N6O7. The molecule has 0 saturated heterocycles. The van der Waals surface area contributed by atoms with E-state index in [1.165, 1.54) is 6.92 Å². The second kappa shape index (κ2) is 17.4. The lowest BCUT2D eigenvalue weighted by molar-refractivity contribution is -0.162. The van der Waals surface area contributed by atoms with Crippen LogP contribution in [-0.4, -0.2) is 70.8 Å². The minimum Gasteiger partial charge on any atom is -0.480 e. The first-order valence-electron chi connectivity index (χ1n) is 13.2. The highest BCUT2D eigenvalue weighted by atomic mass is 16.6. The Hall–Kier alpha value is -3.36. The molecule has 0 aliphatic carbocycles. The van der Waals surface area contributed by atoms with Crippen LogP contribution in [0.5, 0.6) is 0 Å². The second-order valence-electron chi connectivity index (χ2n) is 10.0. The van der Waals surface area contributed by atoms with Gasteiger partial charge in [0.25, 0.3) is 0 Å². The van der Waals surface area contributed by atoms with Gasteiger partial charge in [-0.1, -0.05) is 38.5 Å². The molecule has 224 valence electrons. The summed E-state index contributed by atoms with van der Waals surface area (Å²) in [6.45, 7) is 5.85. The highest BCUT2D eigenvalue weighted by molar-refractivity contribution is 5.91. The highest BCUT2D eigenvalue weighted by Crippen LogP contribution is 2.19. The lowest BCUT2D eigenvalue weighted by atomic mass is 10.0. The number of carbonyl (C=O) groups is 4. The maximum atomic E-state index is 12.0. The topological polar surface area (TPSA) is 253 Å². The van der Waals surface area contributed by atoms with E-state index in [2.05, 4.69) is 4.98 Å². The van der Waals surface area contributed by atoms with Crippen LogP contribution >= 0.6 is 0 Å². The number of aliphatic carboxylic acids is 1. The van der Waals surface area contributed by atoms with Gasteiger partial charge in [-0.2, -0.15) is 0 Å². The van der Waals surface area contributed by atoms with E-state index in [-0.39, 0.29) is 12.3 Å². The van der Waals surface area contributed by atoms with Gasteiger partial charge in [0.1, 0.15) is 30.3 Å². The number of para-hydroxylation sites is 1. The van der Waals surface area contributed by atoms with Crippen LogP contribution in [0.2, 0.25) is 0 Å². The molecule has 1 aromatic heterocycles. The van der Waals surface area contributed by atoms with E-state index in [1.54, 1.807) is 0 Å². The smallest absolute Gasteiger partial charge is 0.330 e. The van der Waals surface area contributed by atoms with Crippen LogP contribution in [0.4, 0.5) is 0 Å². The van der Waals surface area contributed by atoms with Crippen molar-refractivity contribution < 1.29 is 33.8 Å². The molecule has 0 spiro atoms. The lowest BCUT2D eigenvalue weighted by Gasteiger charge is -2.19. The summed E-state index contributed by atoms with van der Waals surface area (Å²) < 4.78 is 9.66. The Bertz CT molecular complexity index is 1110. The van der Waals surface area contributed by atoms with Crippen LogP contribution in [0, 0.1) is 5.92 Å². The largest absolute Gasteiger partial charge is 0.480 e. The summed E-state index contributed by atoms with van der Waals surface area (Å²) >= 11 is 0. The SMILES string of the molecule is CC(C)C[C@H](N)C(=O)OC(=O)[C@@H](N)Cc1c[nH]c2ccccc12.C[C@@H](OC(=O)[C@@H](N)CCCCN)[C@H](N)C(=O)O. The minimum atomic E-state index is -1.24. The molecule has 1 aromatic carbocycles. The van der Waals surface area contributed by atoms with Gasteiger partial charge in [0.15, 0.2) is 0 Å². The molecule has 5 atom stereocenters. The van der Waals surface area contributed by atoms with Crippen LogP contribution in [0.1, 0.15) is 52.0 Å². The number of hydrogen-bond acceptors (Lipinski definition) is 11. The van der Waals surface area contributed by atoms with Gasteiger partial charge in [0.2, 0.25) is 0 Å². The Morgan fingerprint density at radius 1 is 0.900 bits per heavy atom. The van der Waals surface area contributed by atoms with E-state index in [0.29, 0.717) is 19.4 Å². The van der Waals surface area contributed by atoms with Crippen molar-refractivity contribution in [2.24, 2.45) is 34.6 Å². The van der Waals surface area contributed by atoms with Crippen LogP contribution in [0.3, 0.4) is 0 Å². The Kier molecular flexibility index (Phi) is 15.0. The predicted octanol–water partition coefficient (Wildman–Crippen LogP) is 0.267. The van der Waals surface area contributed by atoms with Gasteiger partial charge < -0.3 is 48.2 Å². The number of nitrogens with two attached hydrogens (primary N) is 5. The van der Waals surface area contributed by atoms with E-state index in [0.717, 1.165) is 29.3 Å². The fraction of sp³-hybridized carbons (Fsp3) is 0.556. The molecule has 2 aromatic rings. The average molecular weight is 565 g/mol. The summed E-state index contributed by atoms with van der Waals surface area (Å²) in [4.78, 5) is 48.9. The zero-order valence-corrected chi connectivity index (χ0v) is 23.4. The number of nitrogens with one attached hydrogen (secondary N) is 1. The Morgan fingerprint density at radius 2 is 1.52 bits per heavy atom. The van der Waals surface area contributed by atoms with Crippen LogP contribution < -0.4 is 28.7 Å². The lowest BCUT2D eigenvalue weighted by Crippen LogP contribution is -2.45. The van der Waals surface area contributed by atoms with Gasteiger partial charge in [-0.05, 0) is 50.3 Å². The number of unbranched alkanes of at least 4 members (excludes halogenated alkanes) is 1. The number of aromatic amines is 1. The van der Waals surface area contributed by atoms with E-state index in [9.17, 15) is 19.2 Å². The molecule has 12 N–H and O–H groups in total. The van der Waals surface area contributed by atoms with E-state index in [4.69, 9.17) is 43.2 Å². The molecule has 0 aliphatic heterocycles. The van der Waals surface area contributed by atoms with Gasteiger partial charge in [0.05, 0.1) is 0 Å². The standard InChI is InChI=1S/C17H23N3O3.C10H21N3O4/c1-10(2)7-13(18)16(21)23-17(22)14(19)8-11-9-20-15-6-4-3-5-12(11)15;1-6(8(13)9(14)15)17-10(16)7(12)4-2-3-5-11/h3-6,9-10,13-14,20H,7-8,18-19H2,1-2H3;6-8H,2-5,11-13H2,1H3,(H,14,15)/t13-,14-;6-,7+,8+/m01/s1. The van der Waals surface area contributed by atoms with Crippen molar-refractivity contribution >= 4 is 34.8 Å².